The molecule has 1 aliphatic carbocycles. The Morgan fingerprint density at radius 1 is 1.19 bits per heavy atom. The van der Waals surface area contributed by atoms with E-state index >= 15 is 0 Å². The molecule has 1 aromatic heterocycles. The number of anilines is 3. The van der Waals surface area contributed by atoms with E-state index in [0.717, 1.165) is 30.5 Å². The summed E-state index contributed by atoms with van der Waals surface area (Å²) in [5, 5.41) is 8.79. The molecule has 0 radical (unpaired) electrons. The average molecular weight is 605 g/mol. The quantitative estimate of drug-likeness (QED) is 0.265. The van der Waals surface area contributed by atoms with Gasteiger partial charge in [0, 0.05) is 39.4 Å². The molecule has 11 nitrogen and oxygen atoms in total. The highest BCUT2D eigenvalue weighted by atomic mass is 32.2. The second-order valence-corrected chi connectivity index (χ2v) is 12.1. The molecular formula is C28H34F2N6O5S. The number of alkyl halides is 2. The number of amides is 1. The lowest BCUT2D eigenvalue weighted by atomic mass is 10.1. The minimum atomic E-state index is -3.61. The number of halogens is 2. The molecule has 0 saturated heterocycles. The van der Waals surface area contributed by atoms with E-state index in [1.54, 1.807) is 12.1 Å². The van der Waals surface area contributed by atoms with E-state index in [-0.39, 0.29) is 17.7 Å². The Labute approximate surface area is 243 Å². The number of methoxy groups -OCH3 is 2. The lowest BCUT2D eigenvalue weighted by Crippen LogP contribution is -2.39. The molecule has 0 spiro atoms. The number of aromatic nitrogens is 2. The molecule has 1 amide bonds. The molecule has 226 valence electrons. The SMILES string of the molecule is COCCNC(=O)c1ccc(Nc2ncc(C(C)(F)F)c(NC3Cc4ccccc4C3N(C)S(C)(=O)=O)n2)c(OC)c1. The van der Waals surface area contributed by atoms with Crippen LogP contribution in [0.5, 0.6) is 5.75 Å². The number of carbonyl (C=O) groups excluding carboxylic acids is 1. The summed E-state index contributed by atoms with van der Waals surface area (Å²) in [5.74, 6) is -3.46. The zero-order valence-electron chi connectivity index (χ0n) is 23.9. The predicted molar refractivity (Wildman–Crippen MR) is 155 cm³/mol. The summed E-state index contributed by atoms with van der Waals surface area (Å²) < 4.78 is 66.0. The minimum Gasteiger partial charge on any atom is -0.495 e. The third kappa shape index (κ3) is 6.94. The van der Waals surface area contributed by atoms with Gasteiger partial charge in [-0.05, 0) is 35.7 Å². The number of fused-ring (bicyclic) bond motifs is 1. The largest absolute Gasteiger partial charge is 0.495 e. The van der Waals surface area contributed by atoms with Gasteiger partial charge in [-0.2, -0.15) is 9.29 Å². The summed E-state index contributed by atoms with van der Waals surface area (Å²) in [7, 11) is 0.813. The number of hydrogen-bond donors (Lipinski definition) is 3. The average Bonchev–Trinajstić information content (AvgIpc) is 3.29. The number of nitrogens with zero attached hydrogens (tertiary/aromatic N) is 3. The van der Waals surface area contributed by atoms with Gasteiger partial charge in [-0.25, -0.2) is 22.2 Å². The van der Waals surface area contributed by atoms with Crippen molar-refractivity contribution in [3.63, 3.8) is 0 Å². The molecule has 42 heavy (non-hydrogen) atoms. The lowest BCUT2D eigenvalue weighted by molar-refractivity contribution is 0.0175. The van der Waals surface area contributed by atoms with Crippen molar-refractivity contribution in [2.45, 2.75) is 31.4 Å². The molecule has 2 unspecified atom stereocenters. The zero-order valence-corrected chi connectivity index (χ0v) is 24.8. The van der Waals surface area contributed by atoms with Crippen LogP contribution >= 0.6 is 0 Å². The Bertz CT molecular complexity index is 1550. The predicted octanol–water partition coefficient (Wildman–Crippen LogP) is 3.69. The number of hydrogen-bond acceptors (Lipinski definition) is 9. The third-order valence-corrected chi connectivity index (χ3v) is 8.27. The van der Waals surface area contributed by atoms with Crippen LogP contribution in [0.3, 0.4) is 0 Å². The van der Waals surface area contributed by atoms with E-state index in [0.29, 0.717) is 36.6 Å². The molecule has 4 rings (SSSR count). The van der Waals surface area contributed by atoms with Crippen LogP contribution in [0.15, 0.2) is 48.7 Å². The highest BCUT2D eigenvalue weighted by molar-refractivity contribution is 7.88. The van der Waals surface area contributed by atoms with E-state index in [9.17, 15) is 22.0 Å². The number of sulfonamides is 1. The summed E-state index contributed by atoms with van der Waals surface area (Å²) in [4.78, 5) is 20.9. The molecule has 14 heteroatoms. The van der Waals surface area contributed by atoms with Gasteiger partial charge in [0.25, 0.3) is 11.8 Å². The van der Waals surface area contributed by atoms with Gasteiger partial charge in [-0.3, -0.25) is 4.79 Å². The fourth-order valence-corrected chi connectivity index (χ4v) is 5.51. The van der Waals surface area contributed by atoms with Gasteiger partial charge in [0.15, 0.2) is 0 Å². The van der Waals surface area contributed by atoms with E-state index < -0.39 is 33.6 Å². The number of rotatable bonds is 12. The lowest BCUT2D eigenvalue weighted by Gasteiger charge is -2.30. The van der Waals surface area contributed by atoms with Gasteiger partial charge >= 0.3 is 0 Å². The highest BCUT2D eigenvalue weighted by Gasteiger charge is 2.40. The normalized spacial score (nSPS) is 16.7. The first kappa shape index (κ1) is 31.1. The van der Waals surface area contributed by atoms with Gasteiger partial charge in [0.1, 0.15) is 11.6 Å². The molecule has 1 aliphatic rings. The van der Waals surface area contributed by atoms with Crippen molar-refractivity contribution in [3.8, 4) is 5.75 Å². The van der Waals surface area contributed by atoms with Crippen LogP contribution < -0.4 is 20.7 Å². The van der Waals surface area contributed by atoms with Gasteiger partial charge in [0.2, 0.25) is 16.0 Å². The molecule has 0 aliphatic heterocycles. The maximum absolute atomic E-state index is 14.7. The summed E-state index contributed by atoms with van der Waals surface area (Å²) in [6.45, 7) is 1.44. The zero-order chi connectivity index (χ0) is 30.7. The fraction of sp³-hybridized carbons (Fsp3) is 0.393. The molecule has 0 fully saturated rings. The first-order valence-electron chi connectivity index (χ1n) is 13.1. The van der Waals surface area contributed by atoms with Crippen molar-refractivity contribution in [2.24, 2.45) is 0 Å². The summed E-state index contributed by atoms with van der Waals surface area (Å²) >= 11 is 0. The third-order valence-electron chi connectivity index (χ3n) is 7.00. The maximum Gasteiger partial charge on any atom is 0.275 e. The smallest absolute Gasteiger partial charge is 0.275 e. The van der Waals surface area contributed by atoms with Crippen molar-refractivity contribution < 1.29 is 31.5 Å². The monoisotopic (exact) mass is 604 g/mol. The van der Waals surface area contributed by atoms with Gasteiger partial charge < -0.3 is 25.4 Å². The molecule has 3 N–H and O–H groups in total. The first-order chi connectivity index (χ1) is 19.8. The van der Waals surface area contributed by atoms with Crippen LogP contribution in [0.25, 0.3) is 0 Å². The fourth-order valence-electron chi connectivity index (χ4n) is 4.83. The van der Waals surface area contributed by atoms with Crippen LogP contribution in [0.4, 0.5) is 26.2 Å². The van der Waals surface area contributed by atoms with E-state index in [4.69, 9.17) is 9.47 Å². The highest BCUT2D eigenvalue weighted by Crippen LogP contribution is 2.40. The Kier molecular flexibility index (Phi) is 9.28. The van der Waals surface area contributed by atoms with Gasteiger partial charge in [0.05, 0.1) is 43.3 Å². The number of likely N-dealkylation sites (N-methyl/N-ethyl adjacent to an activating group) is 1. The second kappa shape index (κ2) is 12.5. The Morgan fingerprint density at radius 3 is 2.60 bits per heavy atom. The first-order valence-corrected chi connectivity index (χ1v) is 14.9. The molecule has 2 aromatic carbocycles. The van der Waals surface area contributed by atoms with E-state index in [2.05, 4.69) is 25.9 Å². The molecule has 3 aromatic rings. The Hall–Kier alpha value is -3.88. The standard InChI is InChI=1S/C28H34F2N6O5S/c1-28(29,30)20-16-32-27(34-21-11-10-18(15-23(21)41-4)26(37)31-12-13-40-3)35-25(20)33-22-14-17-8-6-7-9-19(17)24(22)36(2)42(5,38)39/h6-11,15-16,22,24H,12-14H2,1-5H3,(H,31,37)(H2,32,33,34,35). The number of nitrogens with one attached hydrogen (secondary N) is 3. The molecule has 0 saturated carbocycles. The van der Waals surface area contributed by atoms with Crippen LogP contribution in [0.1, 0.15) is 40.0 Å². The topological polar surface area (TPSA) is 135 Å². The van der Waals surface area contributed by atoms with Crippen molar-refractivity contribution in [1.82, 2.24) is 19.6 Å². The van der Waals surface area contributed by atoms with Gasteiger partial charge in [-0.15, -0.1) is 0 Å². The summed E-state index contributed by atoms with van der Waals surface area (Å²) in [6.07, 6.45) is 2.52. The van der Waals surface area contributed by atoms with Crippen molar-refractivity contribution in [1.29, 1.82) is 0 Å². The van der Waals surface area contributed by atoms with Crippen LogP contribution in [0.2, 0.25) is 0 Å². The molecule has 2 atom stereocenters. The number of carbonyl (C=O) groups is 1. The van der Waals surface area contributed by atoms with Gasteiger partial charge in [-0.1, -0.05) is 24.3 Å². The van der Waals surface area contributed by atoms with Crippen molar-refractivity contribution in [3.05, 3.63) is 70.9 Å². The van der Waals surface area contributed by atoms with Crippen LogP contribution in [-0.2, 0) is 27.1 Å². The summed E-state index contributed by atoms with van der Waals surface area (Å²) in [5.41, 5.74) is 2.00. The van der Waals surface area contributed by atoms with E-state index in [1.807, 2.05) is 24.3 Å². The van der Waals surface area contributed by atoms with Crippen LogP contribution in [0, 0.1) is 0 Å². The second-order valence-electron chi connectivity index (χ2n) is 10.0. The number of benzene rings is 2. The van der Waals surface area contributed by atoms with E-state index in [1.165, 1.54) is 31.6 Å². The number of ether oxygens (including phenoxy) is 2. The minimum absolute atomic E-state index is 0.00961. The van der Waals surface area contributed by atoms with Crippen molar-refractivity contribution >= 4 is 33.4 Å². The molecule has 0 bridgehead atoms. The van der Waals surface area contributed by atoms with Crippen molar-refractivity contribution in [2.75, 3.05) is 51.3 Å². The Balaban J connectivity index is 1.65. The summed E-state index contributed by atoms with van der Waals surface area (Å²) in [6, 6.07) is 10.8. The molecule has 1 heterocycles. The maximum atomic E-state index is 14.7. The molecular weight excluding hydrogens is 570 g/mol. The Morgan fingerprint density at radius 2 is 1.93 bits per heavy atom. The van der Waals surface area contributed by atoms with Crippen LogP contribution in [-0.4, -0.2) is 75.3 Å².